The largest absolute Gasteiger partial charge is 0.427 e. The number of hydrogen-bond donors (Lipinski definition) is 0. The van der Waals surface area contributed by atoms with Crippen LogP contribution in [0.25, 0.3) is 0 Å². The minimum Gasteiger partial charge on any atom is -0.427 e. The SMILES string of the molecule is CCCc1cccc(CC/C=C/C2CCCC2)c1.CCSCCCC(=O)Oc1ccccc1. The third-order valence-electron chi connectivity index (χ3n) is 5.79. The average Bonchev–Trinajstić information content (AvgIpc) is 3.35. The number of benzene rings is 2. The Hall–Kier alpha value is -2.00. The van der Waals surface area contributed by atoms with Gasteiger partial charge in [0.2, 0.25) is 0 Å². The molecule has 3 rings (SSSR count). The molecule has 3 heteroatoms. The van der Waals surface area contributed by atoms with Crippen molar-refractivity contribution in [3.63, 3.8) is 0 Å². The molecule has 1 fully saturated rings. The summed E-state index contributed by atoms with van der Waals surface area (Å²) in [5, 5.41) is 0. The van der Waals surface area contributed by atoms with Crippen LogP contribution >= 0.6 is 11.8 Å². The van der Waals surface area contributed by atoms with Gasteiger partial charge in [-0.3, -0.25) is 4.79 Å². The van der Waals surface area contributed by atoms with E-state index in [1.807, 2.05) is 30.0 Å². The zero-order chi connectivity index (χ0) is 23.6. The highest BCUT2D eigenvalue weighted by Crippen LogP contribution is 2.25. The van der Waals surface area contributed by atoms with E-state index in [9.17, 15) is 4.79 Å². The zero-order valence-electron chi connectivity index (χ0n) is 20.6. The molecule has 0 N–H and O–H groups in total. The minimum atomic E-state index is -0.141. The number of hydrogen-bond acceptors (Lipinski definition) is 3. The summed E-state index contributed by atoms with van der Waals surface area (Å²) in [6.45, 7) is 4.37. The van der Waals surface area contributed by atoms with E-state index < -0.39 is 0 Å². The molecule has 2 aromatic rings. The number of para-hydroxylation sites is 1. The van der Waals surface area contributed by atoms with Gasteiger partial charge in [0.1, 0.15) is 5.75 Å². The summed E-state index contributed by atoms with van der Waals surface area (Å²) < 4.78 is 5.15. The monoisotopic (exact) mass is 466 g/mol. The van der Waals surface area contributed by atoms with Crippen LogP contribution in [0.5, 0.6) is 5.75 Å². The van der Waals surface area contributed by atoms with Gasteiger partial charge in [0.05, 0.1) is 0 Å². The molecule has 0 bridgehead atoms. The van der Waals surface area contributed by atoms with Gasteiger partial charge in [0.15, 0.2) is 0 Å². The van der Waals surface area contributed by atoms with E-state index in [-0.39, 0.29) is 5.97 Å². The van der Waals surface area contributed by atoms with Crippen molar-refractivity contribution in [3.8, 4) is 5.75 Å². The lowest BCUT2D eigenvalue weighted by atomic mass is 10.0. The number of aryl methyl sites for hydroxylation is 2. The second-order valence-corrected chi connectivity index (χ2v) is 10.1. The molecule has 0 aromatic heterocycles. The summed E-state index contributed by atoms with van der Waals surface area (Å²) in [6, 6.07) is 18.3. The molecule has 1 saturated carbocycles. The van der Waals surface area contributed by atoms with Crippen LogP contribution in [0.2, 0.25) is 0 Å². The molecule has 33 heavy (non-hydrogen) atoms. The molecule has 0 unspecified atom stereocenters. The maximum atomic E-state index is 11.3. The molecule has 0 atom stereocenters. The number of carbonyl (C=O) groups is 1. The van der Waals surface area contributed by atoms with Gasteiger partial charge in [-0.05, 0) is 79.2 Å². The highest BCUT2D eigenvalue weighted by molar-refractivity contribution is 7.99. The van der Waals surface area contributed by atoms with E-state index in [0.717, 1.165) is 23.8 Å². The van der Waals surface area contributed by atoms with Crippen molar-refractivity contribution in [2.75, 3.05) is 11.5 Å². The first-order chi connectivity index (χ1) is 16.2. The zero-order valence-corrected chi connectivity index (χ0v) is 21.5. The molecule has 0 amide bonds. The van der Waals surface area contributed by atoms with Crippen LogP contribution in [-0.2, 0) is 17.6 Å². The predicted octanol–water partition coefficient (Wildman–Crippen LogP) is 8.44. The Kier molecular flexibility index (Phi) is 14.4. The van der Waals surface area contributed by atoms with Crippen LogP contribution < -0.4 is 4.74 Å². The molecule has 0 saturated heterocycles. The van der Waals surface area contributed by atoms with E-state index in [2.05, 4.69) is 50.3 Å². The summed E-state index contributed by atoms with van der Waals surface area (Å²) in [4.78, 5) is 11.3. The minimum absolute atomic E-state index is 0.141. The predicted molar refractivity (Wildman–Crippen MR) is 144 cm³/mol. The Morgan fingerprint density at radius 3 is 2.42 bits per heavy atom. The first-order valence-corrected chi connectivity index (χ1v) is 13.9. The average molecular weight is 467 g/mol. The van der Waals surface area contributed by atoms with E-state index in [0.29, 0.717) is 12.2 Å². The number of rotatable bonds is 12. The first kappa shape index (κ1) is 27.2. The fourth-order valence-electron chi connectivity index (χ4n) is 4.05. The van der Waals surface area contributed by atoms with Gasteiger partial charge in [-0.2, -0.15) is 11.8 Å². The molecule has 0 aliphatic heterocycles. The lowest BCUT2D eigenvalue weighted by molar-refractivity contribution is -0.134. The molecule has 0 spiro atoms. The second kappa shape index (κ2) is 17.5. The molecule has 0 radical (unpaired) electrons. The van der Waals surface area contributed by atoms with Gasteiger partial charge in [0.25, 0.3) is 0 Å². The maximum Gasteiger partial charge on any atom is 0.311 e. The van der Waals surface area contributed by atoms with Crippen LogP contribution in [0.3, 0.4) is 0 Å². The van der Waals surface area contributed by atoms with Crippen LogP contribution in [0.15, 0.2) is 66.7 Å². The van der Waals surface area contributed by atoms with Crippen molar-refractivity contribution in [2.24, 2.45) is 5.92 Å². The number of thioether (sulfide) groups is 1. The lowest BCUT2D eigenvalue weighted by Crippen LogP contribution is -2.07. The Morgan fingerprint density at radius 2 is 1.73 bits per heavy atom. The smallest absolute Gasteiger partial charge is 0.311 e. The molecule has 180 valence electrons. The van der Waals surface area contributed by atoms with Gasteiger partial charge >= 0.3 is 5.97 Å². The van der Waals surface area contributed by atoms with Crippen molar-refractivity contribution in [1.82, 2.24) is 0 Å². The van der Waals surface area contributed by atoms with E-state index in [4.69, 9.17) is 4.74 Å². The van der Waals surface area contributed by atoms with E-state index in [1.54, 1.807) is 12.1 Å². The van der Waals surface area contributed by atoms with Gasteiger partial charge in [-0.15, -0.1) is 0 Å². The van der Waals surface area contributed by atoms with Crippen LogP contribution in [0.4, 0.5) is 0 Å². The number of esters is 1. The Labute approximate surface area is 206 Å². The van der Waals surface area contributed by atoms with Gasteiger partial charge in [0, 0.05) is 6.42 Å². The van der Waals surface area contributed by atoms with Gasteiger partial charge in [-0.1, -0.05) is 87.7 Å². The van der Waals surface area contributed by atoms with Crippen molar-refractivity contribution >= 4 is 17.7 Å². The standard InChI is InChI=1S/C18H26.C12H16O2S/c1-2-8-17-13-7-14-18(15-17)12-6-5-11-16-9-3-4-10-16;1-2-15-10-6-9-12(13)14-11-7-4-3-5-8-11/h5,7,11,13-16H,2-4,6,8-10,12H2,1H3;3-5,7-8H,2,6,9-10H2,1H3/b11-5+;. The maximum absolute atomic E-state index is 11.3. The normalized spacial score (nSPS) is 13.6. The molecule has 0 heterocycles. The van der Waals surface area contributed by atoms with Crippen molar-refractivity contribution in [2.45, 2.75) is 78.1 Å². The highest BCUT2D eigenvalue weighted by atomic mass is 32.2. The first-order valence-electron chi connectivity index (χ1n) is 12.8. The topological polar surface area (TPSA) is 26.3 Å². The molecule has 1 aliphatic rings. The quantitative estimate of drug-likeness (QED) is 0.136. The number of ether oxygens (including phenoxy) is 1. The van der Waals surface area contributed by atoms with Gasteiger partial charge in [-0.25, -0.2) is 0 Å². The highest BCUT2D eigenvalue weighted by Gasteiger charge is 2.10. The van der Waals surface area contributed by atoms with Crippen molar-refractivity contribution in [3.05, 3.63) is 77.9 Å². The Balaban J connectivity index is 0.000000238. The molecular weight excluding hydrogens is 424 g/mol. The number of carbonyl (C=O) groups excluding carboxylic acids is 1. The van der Waals surface area contributed by atoms with Crippen LogP contribution in [0.1, 0.15) is 76.3 Å². The summed E-state index contributed by atoms with van der Waals surface area (Å²) in [6.07, 6.45) is 16.8. The second-order valence-electron chi connectivity index (χ2n) is 8.67. The van der Waals surface area contributed by atoms with Crippen molar-refractivity contribution < 1.29 is 9.53 Å². The Bertz CT molecular complexity index is 794. The molecular formula is C30H42O2S. The summed E-state index contributed by atoms with van der Waals surface area (Å²) in [7, 11) is 0. The van der Waals surface area contributed by atoms with Crippen LogP contribution in [-0.4, -0.2) is 17.5 Å². The summed E-state index contributed by atoms with van der Waals surface area (Å²) >= 11 is 1.85. The summed E-state index contributed by atoms with van der Waals surface area (Å²) in [5.41, 5.74) is 2.99. The van der Waals surface area contributed by atoms with Crippen LogP contribution in [0, 0.1) is 5.92 Å². The summed E-state index contributed by atoms with van der Waals surface area (Å²) in [5.74, 6) is 3.51. The third-order valence-corrected chi connectivity index (χ3v) is 6.77. The van der Waals surface area contributed by atoms with E-state index in [1.165, 1.54) is 62.5 Å². The molecule has 2 nitrogen and oxygen atoms in total. The van der Waals surface area contributed by atoms with E-state index >= 15 is 0 Å². The van der Waals surface area contributed by atoms with Crippen molar-refractivity contribution in [1.29, 1.82) is 0 Å². The fraction of sp³-hybridized carbons (Fsp3) is 0.500. The third kappa shape index (κ3) is 12.7. The van der Waals surface area contributed by atoms with Gasteiger partial charge < -0.3 is 4.74 Å². The number of allylic oxidation sites excluding steroid dienone is 2. The Morgan fingerprint density at radius 1 is 1.00 bits per heavy atom. The fourth-order valence-corrected chi connectivity index (χ4v) is 4.69. The molecule has 1 aliphatic carbocycles. The lowest BCUT2D eigenvalue weighted by Gasteiger charge is -2.03. The molecule has 2 aromatic carbocycles.